The topological polar surface area (TPSA) is 84.7 Å². The van der Waals surface area contributed by atoms with Crippen LogP contribution < -0.4 is 5.56 Å². The summed E-state index contributed by atoms with van der Waals surface area (Å²) in [6, 6.07) is 16.3. The number of nitrogens with one attached hydrogen (secondary N) is 1. The fraction of sp³-hybridized carbons (Fsp3) is 0.217. The van der Waals surface area contributed by atoms with Crippen molar-refractivity contribution in [1.82, 2.24) is 20.2 Å². The fourth-order valence-electron chi connectivity index (χ4n) is 3.30. The Morgan fingerprint density at radius 2 is 1.72 bits per heavy atom. The molecule has 0 spiro atoms. The van der Waals surface area contributed by atoms with Gasteiger partial charge in [-0.15, -0.1) is 10.2 Å². The second kappa shape index (κ2) is 9.09. The lowest BCUT2D eigenvalue weighted by atomic mass is 10.0. The Kier molecular flexibility index (Phi) is 6.03. The first-order valence-electron chi connectivity index (χ1n) is 10.1. The van der Waals surface area contributed by atoms with E-state index in [9.17, 15) is 4.79 Å². The van der Waals surface area contributed by atoms with Crippen LogP contribution in [0.15, 0.2) is 66.4 Å². The highest BCUT2D eigenvalue weighted by Crippen LogP contribution is 2.32. The van der Waals surface area contributed by atoms with Gasteiger partial charge in [-0.3, -0.25) is 4.79 Å². The predicted octanol–water partition coefficient (Wildman–Crippen LogP) is 6.23. The predicted molar refractivity (Wildman–Crippen MR) is 132 cm³/mol. The molecule has 5 rings (SSSR count). The number of hydrogen-bond donors (Lipinski definition) is 1. The van der Waals surface area contributed by atoms with Crippen molar-refractivity contribution in [2.24, 2.45) is 0 Å². The van der Waals surface area contributed by atoms with Gasteiger partial charge in [0.1, 0.15) is 16.9 Å². The van der Waals surface area contributed by atoms with Crippen LogP contribution in [0.3, 0.4) is 0 Å². The third-order valence-corrected chi connectivity index (χ3v) is 8.28. The molecule has 162 valence electrons. The second-order valence-electron chi connectivity index (χ2n) is 7.60. The maximum absolute atomic E-state index is 12.4. The van der Waals surface area contributed by atoms with Gasteiger partial charge >= 0.3 is 0 Å². The molecule has 2 aromatic carbocycles. The molecule has 6 nitrogen and oxygen atoms in total. The lowest BCUT2D eigenvalue weighted by molar-refractivity contribution is 0.660. The molecule has 0 fully saturated rings. The molecule has 0 unspecified atom stereocenters. The van der Waals surface area contributed by atoms with Gasteiger partial charge in [-0.1, -0.05) is 85.1 Å². The van der Waals surface area contributed by atoms with E-state index in [0.29, 0.717) is 28.6 Å². The van der Waals surface area contributed by atoms with Crippen molar-refractivity contribution < 1.29 is 4.42 Å². The molecule has 0 aliphatic rings. The minimum Gasteiger partial charge on any atom is -0.449 e. The Bertz CT molecular complexity index is 1440. The van der Waals surface area contributed by atoms with Crippen LogP contribution in [0.5, 0.6) is 0 Å². The lowest BCUT2D eigenvalue weighted by Crippen LogP contribution is -2.10. The second-order valence-corrected chi connectivity index (χ2v) is 11.0. The van der Waals surface area contributed by atoms with Crippen LogP contribution in [0, 0.1) is 0 Å². The van der Waals surface area contributed by atoms with E-state index in [2.05, 4.69) is 58.3 Å². The van der Waals surface area contributed by atoms with Crippen LogP contribution in [0.25, 0.3) is 22.1 Å². The van der Waals surface area contributed by atoms with Crippen molar-refractivity contribution in [2.45, 2.75) is 40.0 Å². The first kappa shape index (κ1) is 21.2. The van der Waals surface area contributed by atoms with Gasteiger partial charge in [0.25, 0.3) is 5.56 Å². The molecule has 3 heterocycles. The quantitative estimate of drug-likeness (QED) is 0.276. The van der Waals surface area contributed by atoms with E-state index in [4.69, 9.17) is 4.42 Å². The number of aromatic nitrogens is 4. The smallest absolute Gasteiger partial charge is 0.294 e. The van der Waals surface area contributed by atoms with Gasteiger partial charge < -0.3 is 9.40 Å². The van der Waals surface area contributed by atoms with E-state index < -0.39 is 0 Å². The van der Waals surface area contributed by atoms with E-state index in [1.54, 1.807) is 23.1 Å². The number of rotatable bonds is 7. The monoisotopic (exact) mass is 480 g/mol. The number of aromatic amines is 1. The number of para-hydroxylation sites is 1. The van der Waals surface area contributed by atoms with Gasteiger partial charge in [-0.25, -0.2) is 4.98 Å². The largest absolute Gasteiger partial charge is 0.449 e. The Labute approximate surface area is 196 Å². The number of benzene rings is 2. The van der Waals surface area contributed by atoms with Crippen molar-refractivity contribution in [3.05, 3.63) is 75.8 Å². The number of H-pyrrole nitrogens is 1. The molecule has 0 radical (unpaired) electrons. The number of thioether (sulfide) groups is 2. The molecule has 5 aromatic rings. The summed E-state index contributed by atoms with van der Waals surface area (Å²) in [6.45, 7) is 4.40. The number of nitrogens with zero attached hydrogens (tertiary/aromatic N) is 3. The maximum Gasteiger partial charge on any atom is 0.294 e. The molecule has 0 aliphatic carbocycles. The molecule has 0 aliphatic heterocycles. The molecule has 9 heteroatoms. The van der Waals surface area contributed by atoms with Crippen molar-refractivity contribution >= 4 is 56.9 Å². The van der Waals surface area contributed by atoms with Crippen molar-refractivity contribution in [3.63, 3.8) is 0 Å². The summed E-state index contributed by atoms with van der Waals surface area (Å²) in [4.78, 5) is 19.9. The summed E-state index contributed by atoms with van der Waals surface area (Å²) in [5.41, 5.74) is 3.87. The summed E-state index contributed by atoms with van der Waals surface area (Å²) < 4.78 is 7.43. The first-order valence-corrected chi connectivity index (χ1v) is 12.9. The average molecular weight is 481 g/mol. The summed E-state index contributed by atoms with van der Waals surface area (Å²) in [7, 11) is 0. The van der Waals surface area contributed by atoms with Gasteiger partial charge in [0.05, 0.1) is 5.75 Å². The Balaban J connectivity index is 1.24. The summed E-state index contributed by atoms with van der Waals surface area (Å²) in [5.74, 6) is 2.49. The fourth-order valence-corrected chi connectivity index (χ4v) is 6.15. The van der Waals surface area contributed by atoms with Crippen molar-refractivity contribution in [1.29, 1.82) is 0 Å². The van der Waals surface area contributed by atoms with Crippen LogP contribution >= 0.6 is 34.9 Å². The standard InChI is InChI=1S/C23H20N4O2S3/c1-13(2)15-9-7-14(8-10-15)11-30-22-26-27-23(32-22)31-12-18-24-19-16-5-3-4-6-17(16)29-20(19)21(28)25-18/h3-10,13H,11-12H2,1-2H3,(H,24,25,28). The van der Waals surface area contributed by atoms with Crippen molar-refractivity contribution in [3.8, 4) is 0 Å². The highest BCUT2D eigenvalue weighted by Gasteiger charge is 2.14. The van der Waals surface area contributed by atoms with E-state index in [-0.39, 0.29) is 11.1 Å². The Morgan fingerprint density at radius 3 is 2.47 bits per heavy atom. The Morgan fingerprint density at radius 1 is 1.00 bits per heavy atom. The normalized spacial score (nSPS) is 11.7. The first-order chi connectivity index (χ1) is 15.6. The lowest BCUT2D eigenvalue weighted by Gasteiger charge is -2.05. The maximum atomic E-state index is 12.4. The van der Waals surface area contributed by atoms with Crippen molar-refractivity contribution in [2.75, 3.05) is 0 Å². The molecular weight excluding hydrogens is 460 g/mol. The molecule has 1 N–H and O–H groups in total. The number of furan rings is 1. The van der Waals surface area contributed by atoms with Crippen LogP contribution in [0.2, 0.25) is 0 Å². The highest BCUT2D eigenvalue weighted by molar-refractivity contribution is 8.02. The minimum absolute atomic E-state index is 0.260. The van der Waals surface area contributed by atoms with Crippen LogP contribution in [-0.2, 0) is 11.5 Å². The van der Waals surface area contributed by atoms with E-state index >= 15 is 0 Å². The summed E-state index contributed by atoms with van der Waals surface area (Å²) in [6.07, 6.45) is 0. The SMILES string of the molecule is CC(C)c1ccc(CSc2nnc(SCc3nc4c(oc5ccccc54)c(=O)[nH]3)s2)cc1. The van der Waals surface area contributed by atoms with E-state index in [1.807, 2.05) is 24.3 Å². The highest BCUT2D eigenvalue weighted by atomic mass is 32.2. The molecule has 0 amide bonds. The van der Waals surface area contributed by atoms with E-state index in [1.165, 1.54) is 22.9 Å². The van der Waals surface area contributed by atoms with Crippen LogP contribution in [0.4, 0.5) is 0 Å². The zero-order valence-corrected chi connectivity index (χ0v) is 19.9. The van der Waals surface area contributed by atoms with Gasteiger partial charge in [-0.2, -0.15) is 0 Å². The molecule has 0 saturated carbocycles. The third-order valence-electron chi connectivity index (χ3n) is 5.01. The zero-order valence-electron chi connectivity index (χ0n) is 17.5. The van der Waals surface area contributed by atoms with Crippen LogP contribution in [0.1, 0.15) is 36.7 Å². The van der Waals surface area contributed by atoms with Gasteiger partial charge in [-0.05, 0) is 29.2 Å². The summed E-state index contributed by atoms with van der Waals surface area (Å²) in [5, 5.41) is 9.41. The number of fused-ring (bicyclic) bond motifs is 3. The van der Waals surface area contributed by atoms with Gasteiger partial charge in [0.2, 0.25) is 5.58 Å². The Hall–Kier alpha value is -2.62. The molecule has 32 heavy (non-hydrogen) atoms. The molecule has 0 atom stereocenters. The molecule has 0 bridgehead atoms. The molecular formula is C23H20N4O2S3. The van der Waals surface area contributed by atoms with E-state index in [0.717, 1.165) is 19.8 Å². The third kappa shape index (κ3) is 4.46. The molecule has 0 saturated heterocycles. The van der Waals surface area contributed by atoms with Crippen LogP contribution in [-0.4, -0.2) is 20.2 Å². The van der Waals surface area contributed by atoms with Gasteiger partial charge in [0.15, 0.2) is 8.68 Å². The van der Waals surface area contributed by atoms with Gasteiger partial charge in [0, 0.05) is 11.1 Å². The zero-order chi connectivity index (χ0) is 22.1. The minimum atomic E-state index is -0.265. The summed E-state index contributed by atoms with van der Waals surface area (Å²) >= 11 is 4.75. The average Bonchev–Trinajstić information content (AvgIpc) is 3.41. The molecule has 3 aromatic heterocycles. The number of hydrogen-bond acceptors (Lipinski definition) is 8.